The van der Waals surface area contributed by atoms with Crippen molar-refractivity contribution in [3.63, 3.8) is 0 Å². The van der Waals surface area contributed by atoms with Gasteiger partial charge in [0.15, 0.2) is 5.96 Å². The second-order valence-electron chi connectivity index (χ2n) is 7.25. The molecule has 2 N–H and O–H groups in total. The van der Waals surface area contributed by atoms with E-state index in [2.05, 4.69) is 35.3 Å². The molecule has 1 aromatic carbocycles. The van der Waals surface area contributed by atoms with Crippen molar-refractivity contribution in [2.75, 3.05) is 33.3 Å². The van der Waals surface area contributed by atoms with Crippen molar-refractivity contribution in [1.82, 2.24) is 10.2 Å². The number of hydrogen-bond acceptors (Lipinski definition) is 3. The molecule has 1 saturated carbocycles. The third kappa shape index (κ3) is 3.92. The van der Waals surface area contributed by atoms with E-state index < -0.39 is 0 Å². The molecule has 2 fully saturated rings. The highest BCUT2D eigenvalue weighted by molar-refractivity contribution is 5.80. The quantitative estimate of drug-likeness (QED) is 0.636. The third-order valence-corrected chi connectivity index (χ3v) is 5.57. The Hall–Kier alpha value is -1.75. The molecule has 5 heteroatoms. The Morgan fingerprint density at radius 2 is 2.12 bits per heavy atom. The van der Waals surface area contributed by atoms with E-state index in [4.69, 9.17) is 9.73 Å². The number of aliphatic hydroxyl groups is 1. The maximum Gasteiger partial charge on any atom is 0.194 e. The smallest absolute Gasteiger partial charge is 0.194 e. The number of aliphatic imine (C=N–C) groups is 1. The van der Waals surface area contributed by atoms with Crippen molar-refractivity contribution in [3.05, 3.63) is 29.8 Å². The Bertz CT molecular complexity index is 596. The van der Waals surface area contributed by atoms with E-state index in [-0.39, 0.29) is 11.5 Å². The summed E-state index contributed by atoms with van der Waals surface area (Å²) < 4.78 is 5.64. The van der Waals surface area contributed by atoms with Crippen LogP contribution in [0.3, 0.4) is 0 Å². The van der Waals surface area contributed by atoms with Crippen LogP contribution in [0.25, 0.3) is 0 Å². The molecule has 1 heterocycles. The minimum atomic E-state index is -0.237. The van der Waals surface area contributed by atoms with Gasteiger partial charge in [0.1, 0.15) is 5.75 Å². The highest BCUT2D eigenvalue weighted by Crippen LogP contribution is 2.45. The molecule has 1 aromatic rings. The fourth-order valence-corrected chi connectivity index (χ4v) is 4.23. The first kappa shape index (κ1) is 18.1. The Kier molecular flexibility index (Phi) is 5.84. The van der Waals surface area contributed by atoms with E-state index >= 15 is 0 Å². The Morgan fingerprint density at radius 1 is 1.36 bits per heavy atom. The second-order valence-corrected chi connectivity index (χ2v) is 7.25. The Balaban J connectivity index is 1.85. The molecule has 5 nitrogen and oxygen atoms in total. The molecular formula is C20H31N3O2. The standard InChI is InChI=1S/C20H31N3O2/c1-3-21-19(23-13-10-16(24)14-23)22-15-20(11-6-7-12-20)17-8-4-5-9-18(17)25-2/h4-5,8-9,16,24H,3,6-7,10-15H2,1-2H3,(H,21,22)/t16-/m1/s1. The molecule has 0 aromatic heterocycles. The van der Waals surface area contributed by atoms with E-state index in [0.717, 1.165) is 50.6 Å². The largest absolute Gasteiger partial charge is 0.496 e. The van der Waals surface area contributed by atoms with Gasteiger partial charge in [-0.15, -0.1) is 0 Å². The van der Waals surface area contributed by atoms with Crippen LogP contribution in [0.2, 0.25) is 0 Å². The molecule has 0 radical (unpaired) electrons. The summed E-state index contributed by atoms with van der Waals surface area (Å²) in [7, 11) is 1.75. The molecule has 0 unspecified atom stereocenters. The van der Waals surface area contributed by atoms with Crippen molar-refractivity contribution >= 4 is 5.96 Å². The Labute approximate surface area is 151 Å². The minimum absolute atomic E-state index is 0.0611. The van der Waals surface area contributed by atoms with E-state index in [1.54, 1.807) is 7.11 Å². The fraction of sp³-hybridized carbons (Fsp3) is 0.650. The molecule has 1 aliphatic carbocycles. The van der Waals surface area contributed by atoms with E-state index in [1.807, 2.05) is 6.07 Å². The van der Waals surface area contributed by atoms with Crippen LogP contribution in [0.15, 0.2) is 29.3 Å². The summed E-state index contributed by atoms with van der Waals surface area (Å²) in [6.07, 6.45) is 5.37. The number of likely N-dealkylation sites (tertiary alicyclic amines) is 1. The highest BCUT2D eigenvalue weighted by Gasteiger charge is 2.38. The molecule has 25 heavy (non-hydrogen) atoms. The summed E-state index contributed by atoms with van der Waals surface area (Å²) >= 11 is 0. The number of guanidine groups is 1. The van der Waals surface area contributed by atoms with Gasteiger partial charge in [0.2, 0.25) is 0 Å². The van der Waals surface area contributed by atoms with Crippen LogP contribution in [0.5, 0.6) is 5.75 Å². The maximum atomic E-state index is 9.85. The van der Waals surface area contributed by atoms with Crippen LogP contribution in [0.1, 0.15) is 44.6 Å². The third-order valence-electron chi connectivity index (χ3n) is 5.57. The SMILES string of the molecule is CCNC(=NCC1(c2ccccc2OC)CCCC1)N1CC[C@@H](O)C1. The van der Waals surface area contributed by atoms with Crippen LogP contribution in [0, 0.1) is 0 Å². The number of nitrogens with one attached hydrogen (secondary N) is 1. The lowest BCUT2D eigenvalue weighted by Crippen LogP contribution is -2.41. The van der Waals surface area contributed by atoms with Crippen molar-refractivity contribution in [3.8, 4) is 5.75 Å². The average Bonchev–Trinajstić information content (AvgIpc) is 3.28. The van der Waals surface area contributed by atoms with E-state index in [0.29, 0.717) is 6.54 Å². The zero-order valence-electron chi connectivity index (χ0n) is 15.5. The summed E-state index contributed by atoms with van der Waals surface area (Å²) in [5, 5.41) is 13.3. The number of methoxy groups -OCH3 is 1. The fourth-order valence-electron chi connectivity index (χ4n) is 4.23. The molecule has 0 amide bonds. The van der Waals surface area contributed by atoms with Gasteiger partial charge in [-0.05, 0) is 32.3 Å². The van der Waals surface area contributed by atoms with Crippen LogP contribution in [-0.4, -0.2) is 55.4 Å². The predicted octanol–water partition coefficient (Wildman–Crippen LogP) is 2.54. The molecule has 1 atom stereocenters. The van der Waals surface area contributed by atoms with Gasteiger partial charge in [-0.3, -0.25) is 4.99 Å². The molecule has 1 saturated heterocycles. The topological polar surface area (TPSA) is 57.1 Å². The lowest BCUT2D eigenvalue weighted by molar-refractivity contribution is 0.187. The van der Waals surface area contributed by atoms with Gasteiger partial charge in [0.05, 0.1) is 19.8 Å². The van der Waals surface area contributed by atoms with Gasteiger partial charge < -0.3 is 20.1 Å². The van der Waals surface area contributed by atoms with Crippen molar-refractivity contribution in [2.45, 2.75) is 50.5 Å². The van der Waals surface area contributed by atoms with Gasteiger partial charge in [-0.25, -0.2) is 0 Å². The number of β-amino-alcohol motifs (C(OH)–C–C–N with tert-alkyl or cyclic N) is 1. The van der Waals surface area contributed by atoms with Crippen molar-refractivity contribution in [2.24, 2.45) is 4.99 Å². The predicted molar refractivity (Wildman–Crippen MR) is 101 cm³/mol. The first-order valence-corrected chi connectivity index (χ1v) is 9.53. The van der Waals surface area contributed by atoms with Crippen LogP contribution >= 0.6 is 0 Å². The number of para-hydroxylation sites is 1. The molecule has 138 valence electrons. The average molecular weight is 345 g/mol. The number of aliphatic hydroxyl groups excluding tert-OH is 1. The highest BCUT2D eigenvalue weighted by atomic mass is 16.5. The summed E-state index contributed by atoms with van der Waals surface area (Å²) in [4.78, 5) is 7.18. The molecule has 3 rings (SSSR count). The summed E-state index contributed by atoms with van der Waals surface area (Å²) in [6, 6.07) is 8.39. The number of ether oxygens (including phenoxy) is 1. The molecule has 2 aliphatic rings. The Morgan fingerprint density at radius 3 is 2.76 bits per heavy atom. The van der Waals surface area contributed by atoms with Gasteiger partial charge >= 0.3 is 0 Å². The first-order valence-electron chi connectivity index (χ1n) is 9.53. The van der Waals surface area contributed by atoms with Crippen LogP contribution in [0.4, 0.5) is 0 Å². The zero-order chi connectivity index (χ0) is 17.7. The first-order chi connectivity index (χ1) is 12.2. The monoisotopic (exact) mass is 345 g/mol. The number of hydrogen-bond donors (Lipinski definition) is 2. The maximum absolute atomic E-state index is 9.85. The lowest BCUT2D eigenvalue weighted by Gasteiger charge is -2.30. The molecule has 1 aliphatic heterocycles. The number of benzene rings is 1. The van der Waals surface area contributed by atoms with E-state index in [9.17, 15) is 5.11 Å². The van der Waals surface area contributed by atoms with Crippen molar-refractivity contribution in [1.29, 1.82) is 0 Å². The van der Waals surface area contributed by atoms with Crippen molar-refractivity contribution < 1.29 is 9.84 Å². The van der Waals surface area contributed by atoms with Crippen LogP contribution in [-0.2, 0) is 5.41 Å². The summed E-state index contributed by atoms with van der Waals surface area (Å²) in [6.45, 7) is 5.24. The molecule has 0 bridgehead atoms. The van der Waals surface area contributed by atoms with E-state index in [1.165, 1.54) is 18.4 Å². The molecular weight excluding hydrogens is 314 g/mol. The normalized spacial score (nSPS) is 23.1. The van der Waals surface area contributed by atoms with Crippen LogP contribution < -0.4 is 10.1 Å². The second kappa shape index (κ2) is 8.09. The van der Waals surface area contributed by atoms with Gasteiger partial charge in [-0.2, -0.15) is 0 Å². The minimum Gasteiger partial charge on any atom is -0.496 e. The van der Waals surface area contributed by atoms with Gasteiger partial charge in [-0.1, -0.05) is 31.0 Å². The number of rotatable bonds is 5. The van der Waals surface area contributed by atoms with Gasteiger partial charge in [0.25, 0.3) is 0 Å². The lowest BCUT2D eigenvalue weighted by atomic mass is 9.78. The zero-order valence-corrected chi connectivity index (χ0v) is 15.5. The number of nitrogens with zero attached hydrogens (tertiary/aromatic N) is 2. The molecule has 0 spiro atoms. The summed E-state index contributed by atoms with van der Waals surface area (Å²) in [5.74, 6) is 1.90. The summed E-state index contributed by atoms with van der Waals surface area (Å²) in [5.41, 5.74) is 1.35. The van der Waals surface area contributed by atoms with Gasteiger partial charge in [0, 0.05) is 30.6 Å².